The fraction of sp³-hybridized carbons (Fsp3) is 0.133. The van der Waals surface area contributed by atoms with Crippen molar-refractivity contribution in [1.29, 1.82) is 0 Å². The Kier molecular flexibility index (Phi) is 4.08. The number of Topliss-reactive ketones (excluding diaryl/α,β-unsaturated/α-hetero) is 1. The van der Waals surface area contributed by atoms with Gasteiger partial charge in [0.25, 0.3) is 0 Å². The van der Waals surface area contributed by atoms with Crippen molar-refractivity contribution in [2.24, 2.45) is 0 Å². The Morgan fingerprint density at radius 3 is 2.35 bits per heavy atom. The summed E-state index contributed by atoms with van der Waals surface area (Å²) in [5, 5.41) is 0. The Hall–Kier alpha value is -2.30. The van der Waals surface area contributed by atoms with Crippen LogP contribution >= 0.6 is 0 Å². The number of ether oxygens (including phenoxy) is 1. The average molecular weight is 280 g/mol. The first-order chi connectivity index (χ1) is 9.51. The maximum Gasteiger partial charge on any atom is 0.173 e. The number of methoxy groups -OCH3 is 1. The molecule has 0 fully saturated rings. The van der Waals surface area contributed by atoms with Gasteiger partial charge in [-0.3, -0.25) is 4.79 Å². The maximum atomic E-state index is 13.7. The zero-order valence-corrected chi connectivity index (χ0v) is 10.6. The molecule has 5 heteroatoms. The number of benzene rings is 2. The number of hydrogen-bond donors (Lipinski definition) is 0. The van der Waals surface area contributed by atoms with Gasteiger partial charge in [0.15, 0.2) is 5.78 Å². The molecule has 2 nitrogen and oxygen atoms in total. The van der Waals surface area contributed by atoms with Gasteiger partial charge in [0.2, 0.25) is 0 Å². The van der Waals surface area contributed by atoms with Crippen LogP contribution in [0.3, 0.4) is 0 Å². The molecule has 0 spiro atoms. The molecule has 0 atom stereocenters. The Morgan fingerprint density at radius 1 is 1.10 bits per heavy atom. The minimum absolute atomic E-state index is 0.0897. The topological polar surface area (TPSA) is 26.3 Å². The molecule has 0 radical (unpaired) electrons. The third kappa shape index (κ3) is 2.99. The molecular formula is C15H11F3O2. The van der Waals surface area contributed by atoms with E-state index in [1.807, 2.05) is 0 Å². The molecule has 0 N–H and O–H groups in total. The van der Waals surface area contributed by atoms with Crippen LogP contribution in [0, 0.1) is 17.5 Å². The summed E-state index contributed by atoms with van der Waals surface area (Å²) in [4.78, 5) is 12.1. The van der Waals surface area contributed by atoms with Crippen molar-refractivity contribution >= 4 is 5.78 Å². The lowest BCUT2D eigenvalue weighted by atomic mass is 10.0. The zero-order chi connectivity index (χ0) is 14.7. The molecule has 0 aliphatic rings. The predicted octanol–water partition coefficient (Wildman–Crippen LogP) is 3.54. The van der Waals surface area contributed by atoms with Gasteiger partial charge in [-0.15, -0.1) is 0 Å². The van der Waals surface area contributed by atoms with E-state index < -0.39 is 23.2 Å². The molecule has 0 aliphatic carbocycles. The number of ketones is 1. The predicted molar refractivity (Wildman–Crippen MR) is 67.3 cm³/mol. The lowest BCUT2D eigenvalue weighted by molar-refractivity contribution is 0.0986. The van der Waals surface area contributed by atoms with Gasteiger partial charge in [-0.05, 0) is 29.8 Å². The summed E-state index contributed by atoms with van der Waals surface area (Å²) in [5.41, 5.74) is -0.0857. The molecule has 0 saturated heterocycles. The van der Waals surface area contributed by atoms with Gasteiger partial charge in [0.1, 0.15) is 23.2 Å². The number of carbonyl (C=O) groups excluding carboxylic acids is 1. The molecule has 0 unspecified atom stereocenters. The Bertz CT molecular complexity index is 633. The average Bonchev–Trinajstić information content (AvgIpc) is 2.36. The van der Waals surface area contributed by atoms with Gasteiger partial charge in [0, 0.05) is 12.5 Å². The quantitative estimate of drug-likeness (QED) is 0.801. The van der Waals surface area contributed by atoms with E-state index in [1.165, 1.54) is 19.2 Å². The van der Waals surface area contributed by atoms with Crippen molar-refractivity contribution in [1.82, 2.24) is 0 Å². The van der Waals surface area contributed by atoms with Crippen LogP contribution in [-0.2, 0) is 6.42 Å². The molecule has 20 heavy (non-hydrogen) atoms. The SMILES string of the molecule is COc1cccc(F)c1C(=O)Cc1cc(F)cc(F)c1. The number of halogens is 3. The second-order valence-corrected chi connectivity index (χ2v) is 4.19. The molecule has 2 rings (SSSR count). The lowest BCUT2D eigenvalue weighted by Crippen LogP contribution is -2.09. The van der Waals surface area contributed by atoms with Crippen LogP contribution in [0.1, 0.15) is 15.9 Å². The van der Waals surface area contributed by atoms with Gasteiger partial charge >= 0.3 is 0 Å². The van der Waals surface area contributed by atoms with Crippen molar-refractivity contribution in [3.8, 4) is 5.75 Å². The van der Waals surface area contributed by atoms with Crippen molar-refractivity contribution in [2.45, 2.75) is 6.42 Å². The highest BCUT2D eigenvalue weighted by Crippen LogP contribution is 2.23. The molecule has 2 aromatic carbocycles. The summed E-state index contributed by atoms with van der Waals surface area (Å²) in [6, 6.07) is 6.76. The first-order valence-corrected chi connectivity index (χ1v) is 5.82. The van der Waals surface area contributed by atoms with Crippen molar-refractivity contribution in [3.05, 3.63) is 65.0 Å². The van der Waals surface area contributed by atoms with Crippen molar-refractivity contribution < 1.29 is 22.7 Å². The summed E-state index contributed by atoms with van der Waals surface area (Å²) < 4.78 is 44.7. The highest BCUT2D eigenvalue weighted by Gasteiger charge is 2.18. The van der Waals surface area contributed by atoms with Crippen LogP contribution in [0.15, 0.2) is 36.4 Å². The number of rotatable bonds is 4. The van der Waals surface area contributed by atoms with Gasteiger partial charge in [-0.2, -0.15) is 0 Å². The van der Waals surface area contributed by atoms with E-state index in [1.54, 1.807) is 0 Å². The third-order valence-electron chi connectivity index (χ3n) is 2.76. The van der Waals surface area contributed by atoms with E-state index >= 15 is 0 Å². The van der Waals surface area contributed by atoms with Gasteiger partial charge in [0.05, 0.1) is 12.7 Å². The Balaban J connectivity index is 2.33. The van der Waals surface area contributed by atoms with E-state index in [2.05, 4.69) is 0 Å². The van der Waals surface area contributed by atoms with Crippen molar-refractivity contribution in [2.75, 3.05) is 7.11 Å². The Labute approximate surface area is 113 Å². The number of carbonyl (C=O) groups is 1. The standard InChI is InChI=1S/C15H11F3O2/c1-20-14-4-2-3-12(18)15(14)13(19)7-9-5-10(16)8-11(17)6-9/h2-6,8H,7H2,1H3. The summed E-state index contributed by atoms with van der Waals surface area (Å²) in [7, 11) is 1.31. The molecular weight excluding hydrogens is 269 g/mol. The van der Waals surface area contributed by atoms with Gasteiger partial charge in [-0.1, -0.05) is 6.07 Å². The first kappa shape index (κ1) is 14.1. The summed E-state index contributed by atoms with van der Waals surface area (Å²) in [6.45, 7) is 0. The van der Waals surface area contributed by atoms with E-state index in [-0.39, 0.29) is 23.3 Å². The first-order valence-electron chi connectivity index (χ1n) is 5.82. The van der Waals surface area contributed by atoms with Crippen LogP contribution in [0.5, 0.6) is 5.75 Å². The minimum atomic E-state index is -0.784. The fourth-order valence-corrected chi connectivity index (χ4v) is 1.93. The maximum absolute atomic E-state index is 13.7. The molecule has 0 saturated carbocycles. The summed E-state index contributed by atoms with van der Waals surface area (Å²) >= 11 is 0. The smallest absolute Gasteiger partial charge is 0.173 e. The zero-order valence-electron chi connectivity index (χ0n) is 10.6. The van der Waals surface area contributed by atoms with E-state index in [9.17, 15) is 18.0 Å². The molecule has 0 aromatic heterocycles. The number of hydrogen-bond acceptors (Lipinski definition) is 2. The van der Waals surface area contributed by atoms with Crippen LogP contribution in [-0.4, -0.2) is 12.9 Å². The largest absolute Gasteiger partial charge is 0.496 e. The highest BCUT2D eigenvalue weighted by molar-refractivity contribution is 6.00. The molecule has 0 aliphatic heterocycles. The van der Waals surface area contributed by atoms with Gasteiger partial charge in [-0.25, -0.2) is 13.2 Å². The van der Waals surface area contributed by atoms with Gasteiger partial charge < -0.3 is 4.74 Å². The van der Waals surface area contributed by atoms with Crippen molar-refractivity contribution in [3.63, 3.8) is 0 Å². The molecule has 2 aromatic rings. The normalized spacial score (nSPS) is 10.4. The fourth-order valence-electron chi connectivity index (χ4n) is 1.93. The second kappa shape index (κ2) is 5.77. The lowest BCUT2D eigenvalue weighted by Gasteiger charge is -2.08. The van der Waals surface area contributed by atoms with E-state index in [0.717, 1.165) is 18.2 Å². The highest BCUT2D eigenvalue weighted by atomic mass is 19.1. The van der Waals surface area contributed by atoms with Crippen LogP contribution < -0.4 is 4.74 Å². The molecule has 0 heterocycles. The van der Waals surface area contributed by atoms with Crippen LogP contribution in [0.25, 0.3) is 0 Å². The monoisotopic (exact) mass is 280 g/mol. The van der Waals surface area contributed by atoms with E-state index in [4.69, 9.17) is 4.74 Å². The molecule has 0 bridgehead atoms. The summed E-state index contributed by atoms with van der Waals surface area (Å²) in [5.74, 6) is -2.82. The van der Waals surface area contributed by atoms with E-state index in [0.29, 0.717) is 6.07 Å². The Morgan fingerprint density at radius 2 is 1.75 bits per heavy atom. The molecule has 104 valence electrons. The summed E-state index contributed by atoms with van der Waals surface area (Å²) in [6.07, 6.45) is -0.314. The molecule has 0 amide bonds. The second-order valence-electron chi connectivity index (χ2n) is 4.19. The van der Waals surface area contributed by atoms with Crippen LogP contribution in [0.4, 0.5) is 13.2 Å². The minimum Gasteiger partial charge on any atom is -0.496 e. The third-order valence-corrected chi connectivity index (χ3v) is 2.76. The van der Waals surface area contributed by atoms with Crippen LogP contribution in [0.2, 0.25) is 0 Å².